The Hall–Kier alpha value is -2.54. The topological polar surface area (TPSA) is 91.5 Å². The number of rotatable bonds is 5. The lowest BCUT2D eigenvalue weighted by Crippen LogP contribution is -2.09. The van der Waals surface area contributed by atoms with Gasteiger partial charge in [0.25, 0.3) is 0 Å². The van der Waals surface area contributed by atoms with Gasteiger partial charge in [0.2, 0.25) is 0 Å². The van der Waals surface area contributed by atoms with Crippen LogP contribution in [0.4, 0.5) is 5.82 Å². The minimum Gasteiger partial charge on any atom is -0.496 e. The fourth-order valence-corrected chi connectivity index (χ4v) is 1.80. The quantitative estimate of drug-likeness (QED) is 0.631. The molecule has 2 rings (SSSR count). The maximum absolute atomic E-state index is 5.37. The van der Waals surface area contributed by atoms with E-state index in [0.29, 0.717) is 34.3 Å². The molecule has 0 aliphatic heterocycles. The average Bonchev–Trinajstić information content (AvgIpc) is 2.53. The molecule has 1 aromatic carbocycles. The molecule has 106 valence electrons. The smallest absolute Gasteiger partial charge is 0.162 e. The molecule has 7 heteroatoms. The molecular formula is C13H16N4O3. The zero-order valence-corrected chi connectivity index (χ0v) is 11.5. The second kappa shape index (κ2) is 6.07. The van der Waals surface area contributed by atoms with Crippen LogP contribution in [0.3, 0.4) is 0 Å². The number of benzene rings is 1. The minimum atomic E-state index is 0.472. The highest BCUT2D eigenvalue weighted by atomic mass is 16.5. The summed E-state index contributed by atoms with van der Waals surface area (Å²) in [5.41, 5.74) is 3.74. The monoisotopic (exact) mass is 276 g/mol. The fraction of sp³-hybridized carbons (Fsp3) is 0.231. The molecule has 0 spiro atoms. The Kier molecular flexibility index (Phi) is 4.21. The maximum Gasteiger partial charge on any atom is 0.162 e. The van der Waals surface area contributed by atoms with Crippen molar-refractivity contribution in [2.24, 2.45) is 5.84 Å². The maximum atomic E-state index is 5.37. The van der Waals surface area contributed by atoms with Crippen LogP contribution in [0, 0.1) is 0 Å². The second-order valence-electron chi connectivity index (χ2n) is 3.86. The molecule has 2 aromatic rings. The van der Waals surface area contributed by atoms with Crippen LogP contribution in [0.15, 0.2) is 24.3 Å². The van der Waals surface area contributed by atoms with Crippen molar-refractivity contribution in [3.63, 3.8) is 0 Å². The molecule has 0 aliphatic carbocycles. The number of methoxy groups -OCH3 is 3. The first-order chi connectivity index (χ1) is 9.73. The Labute approximate surface area is 116 Å². The van der Waals surface area contributed by atoms with E-state index in [2.05, 4.69) is 15.6 Å². The van der Waals surface area contributed by atoms with Crippen LogP contribution < -0.4 is 25.5 Å². The molecule has 0 saturated carbocycles. The Morgan fingerprint density at radius 1 is 0.950 bits per heavy atom. The molecule has 0 atom stereocenters. The number of hydrogen-bond donors (Lipinski definition) is 2. The first kappa shape index (κ1) is 13.9. The van der Waals surface area contributed by atoms with Gasteiger partial charge in [0.1, 0.15) is 22.9 Å². The third-order valence-corrected chi connectivity index (χ3v) is 2.78. The molecule has 1 aromatic heterocycles. The first-order valence-corrected chi connectivity index (χ1v) is 5.84. The number of nitrogens with one attached hydrogen (secondary N) is 1. The third kappa shape index (κ3) is 2.57. The van der Waals surface area contributed by atoms with E-state index in [1.807, 2.05) is 0 Å². The van der Waals surface area contributed by atoms with E-state index in [1.54, 1.807) is 45.6 Å². The summed E-state index contributed by atoms with van der Waals surface area (Å²) in [6.45, 7) is 0. The highest BCUT2D eigenvalue weighted by molar-refractivity contribution is 5.75. The van der Waals surface area contributed by atoms with E-state index in [4.69, 9.17) is 20.1 Å². The molecule has 7 nitrogen and oxygen atoms in total. The Bertz CT molecular complexity index is 562. The summed E-state index contributed by atoms with van der Waals surface area (Å²) in [5.74, 6) is 7.55. The number of hydrogen-bond acceptors (Lipinski definition) is 7. The summed E-state index contributed by atoms with van der Waals surface area (Å²) < 4.78 is 16.0. The van der Waals surface area contributed by atoms with Crippen LogP contribution in [-0.4, -0.2) is 31.5 Å². The van der Waals surface area contributed by atoms with Crippen molar-refractivity contribution in [2.45, 2.75) is 0 Å². The van der Waals surface area contributed by atoms with Gasteiger partial charge in [-0.25, -0.2) is 5.84 Å². The first-order valence-electron chi connectivity index (χ1n) is 5.84. The van der Waals surface area contributed by atoms with Gasteiger partial charge in [-0.2, -0.15) is 0 Å². The molecule has 0 amide bonds. The predicted molar refractivity (Wildman–Crippen MR) is 74.9 cm³/mol. The fourth-order valence-electron chi connectivity index (χ4n) is 1.80. The molecule has 3 N–H and O–H groups in total. The molecule has 0 aliphatic rings. The summed E-state index contributed by atoms with van der Waals surface area (Å²) >= 11 is 0. The Morgan fingerprint density at radius 2 is 1.60 bits per heavy atom. The molecule has 0 unspecified atom stereocenters. The number of nitrogen functional groups attached to an aromatic ring is 1. The van der Waals surface area contributed by atoms with E-state index in [1.165, 1.54) is 0 Å². The van der Waals surface area contributed by atoms with Gasteiger partial charge in [-0.3, -0.25) is 0 Å². The normalized spacial score (nSPS) is 10.0. The highest BCUT2D eigenvalue weighted by Crippen LogP contribution is 2.40. The van der Waals surface area contributed by atoms with Gasteiger partial charge < -0.3 is 19.6 Å². The molecule has 1 heterocycles. The van der Waals surface area contributed by atoms with E-state index < -0.39 is 0 Å². The van der Waals surface area contributed by atoms with Crippen molar-refractivity contribution in [3.05, 3.63) is 24.3 Å². The summed E-state index contributed by atoms with van der Waals surface area (Å²) in [4.78, 5) is 0. The summed E-state index contributed by atoms with van der Waals surface area (Å²) in [5, 5.41) is 8.04. The van der Waals surface area contributed by atoms with Gasteiger partial charge >= 0.3 is 0 Å². The largest absolute Gasteiger partial charge is 0.496 e. The number of aromatic nitrogens is 2. The van der Waals surface area contributed by atoms with E-state index >= 15 is 0 Å². The lowest BCUT2D eigenvalue weighted by atomic mass is 10.1. The van der Waals surface area contributed by atoms with E-state index in [0.717, 1.165) is 0 Å². The van der Waals surface area contributed by atoms with Gasteiger partial charge in [-0.15, -0.1) is 10.2 Å². The summed E-state index contributed by atoms with van der Waals surface area (Å²) in [6.07, 6.45) is 0. The lowest BCUT2D eigenvalue weighted by molar-refractivity contribution is 0.377. The molecule has 0 radical (unpaired) electrons. The van der Waals surface area contributed by atoms with Crippen molar-refractivity contribution in [1.82, 2.24) is 10.2 Å². The standard InChI is InChI=1S/C13H16N4O3/c1-18-8-6-10(19-2)13(11(7-8)20-3)9-4-5-12(15-14)17-16-9/h4-7H,14H2,1-3H3,(H,15,17). The van der Waals surface area contributed by atoms with Crippen LogP contribution in [0.2, 0.25) is 0 Å². The van der Waals surface area contributed by atoms with Crippen molar-refractivity contribution in [1.29, 1.82) is 0 Å². The third-order valence-electron chi connectivity index (χ3n) is 2.78. The van der Waals surface area contributed by atoms with Gasteiger partial charge in [-0.05, 0) is 12.1 Å². The second-order valence-corrected chi connectivity index (χ2v) is 3.86. The van der Waals surface area contributed by atoms with Gasteiger partial charge in [0.05, 0.1) is 26.9 Å². The van der Waals surface area contributed by atoms with Gasteiger partial charge in [0.15, 0.2) is 5.82 Å². The lowest BCUT2D eigenvalue weighted by Gasteiger charge is -2.14. The minimum absolute atomic E-state index is 0.472. The number of nitrogens with two attached hydrogens (primary N) is 1. The molecule has 0 saturated heterocycles. The van der Waals surface area contributed by atoms with Crippen molar-refractivity contribution in [2.75, 3.05) is 26.8 Å². The van der Waals surface area contributed by atoms with E-state index in [-0.39, 0.29) is 0 Å². The van der Waals surface area contributed by atoms with Crippen LogP contribution in [0.25, 0.3) is 11.3 Å². The number of hydrazine groups is 1. The van der Waals surface area contributed by atoms with Crippen molar-refractivity contribution in [3.8, 4) is 28.5 Å². The molecule has 0 fully saturated rings. The average molecular weight is 276 g/mol. The van der Waals surface area contributed by atoms with Crippen LogP contribution in [-0.2, 0) is 0 Å². The summed E-state index contributed by atoms with van der Waals surface area (Å²) in [6, 6.07) is 7.00. The highest BCUT2D eigenvalue weighted by Gasteiger charge is 2.16. The van der Waals surface area contributed by atoms with Crippen molar-refractivity contribution < 1.29 is 14.2 Å². The van der Waals surface area contributed by atoms with Crippen LogP contribution >= 0.6 is 0 Å². The number of anilines is 1. The number of ether oxygens (including phenoxy) is 3. The SMILES string of the molecule is COc1cc(OC)c(-c2ccc(NN)nn2)c(OC)c1. The van der Waals surface area contributed by atoms with Crippen molar-refractivity contribution >= 4 is 5.82 Å². The Balaban J connectivity index is 2.57. The Morgan fingerprint density at radius 3 is 2.00 bits per heavy atom. The van der Waals surface area contributed by atoms with Gasteiger partial charge in [0, 0.05) is 12.1 Å². The molecular weight excluding hydrogens is 260 g/mol. The summed E-state index contributed by atoms with van der Waals surface area (Å²) in [7, 11) is 4.72. The molecule has 20 heavy (non-hydrogen) atoms. The predicted octanol–water partition coefficient (Wildman–Crippen LogP) is 1.45. The molecule has 0 bridgehead atoms. The van der Waals surface area contributed by atoms with Crippen LogP contribution in [0.5, 0.6) is 17.2 Å². The zero-order chi connectivity index (χ0) is 14.5. The van der Waals surface area contributed by atoms with Crippen LogP contribution in [0.1, 0.15) is 0 Å². The number of nitrogens with zero attached hydrogens (tertiary/aromatic N) is 2. The van der Waals surface area contributed by atoms with Gasteiger partial charge in [-0.1, -0.05) is 0 Å². The van der Waals surface area contributed by atoms with E-state index in [9.17, 15) is 0 Å². The zero-order valence-electron chi connectivity index (χ0n) is 11.5.